The van der Waals surface area contributed by atoms with Gasteiger partial charge >= 0.3 is 11.2 Å². The smallest absolute Gasteiger partial charge is 0.368 e. The second-order valence-corrected chi connectivity index (χ2v) is 6.71. The van der Waals surface area contributed by atoms with Crippen LogP contribution >= 0.6 is 0 Å². The molecule has 1 aromatic carbocycles. The van der Waals surface area contributed by atoms with E-state index in [1.54, 1.807) is 11.0 Å². The number of carbonyl (C=O) groups excluding carboxylic acids is 1. The van der Waals surface area contributed by atoms with E-state index >= 15 is 0 Å². The monoisotopic (exact) mass is 399 g/mol. The molecule has 1 aromatic rings. The van der Waals surface area contributed by atoms with Gasteiger partial charge in [0.1, 0.15) is 6.61 Å². The summed E-state index contributed by atoms with van der Waals surface area (Å²) in [5.74, 6) is -1.11. The van der Waals surface area contributed by atoms with Gasteiger partial charge in [0.05, 0.1) is 25.2 Å². The third-order valence-corrected chi connectivity index (χ3v) is 4.49. The highest BCUT2D eigenvalue weighted by atomic mass is 32.2. The summed E-state index contributed by atoms with van der Waals surface area (Å²) < 4.78 is 72.9. The Morgan fingerprint density at radius 2 is 1.62 bits per heavy atom. The van der Waals surface area contributed by atoms with Gasteiger partial charge in [-0.15, -0.1) is 0 Å². The standard InChI is InChI=1S/C10H9F3O5S.C6H15N/c11-8(10(12,13)19(15,16)17)6-18-9(14)7-4-2-1-3-5-7;1-4-7(5-2)6-3/h1-5,8H,6H2,(H,15,16,17);4-6H2,1-3H3. The highest BCUT2D eigenvalue weighted by Gasteiger charge is 2.48. The Balaban J connectivity index is 0.000000758. The first-order valence-corrected chi connectivity index (χ1v) is 9.45. The maximum Gasteiger partial charge on any atom is 0.368 e. The summed E-state index contributed by atoms with van der Waals surface area (Å²) in [5, 5.41) is -5.15. The zero-order valence-corrected chi connectivity index (χ0v) is 15.7. The molecule has 1 rings (SSSR count). The number of benzene rings is 1. The van der Waals surface area contributed by atoms with Crippen LogP contribution in [-0.2, 0) is 14.9 Å². The highest BCUT2D eigenvalue weighted by Crippen LogP contribution is 2.27. The number of quaternary nitrogens is 1. The van der Waals surface area contributed by atoms with Gasteiger partial charge in [-0.1, -0.05) is 18.2 Å². The van der Waals surface area contributed by atoms with E-state index in [-0.39, 0.29) is 5.56 Å². The molecule has 1 atom stereocenters. The molecule has 0 saturated carbocycles. The van der Waals surface area contributed by atoms with Gasteiger partial charge < -0.3 is 14.2 Å². The van der Waals surface area contributed by atoms with Gasteiger partial charge in [0.25, 0.3) is 0 Å². The number of nitrogens with one attached hydrogen (secondary N) is 1. The number of halogens is 3. The Bertz CT molecular complexity index is 631. The normalized spacial score (nSPS) is 12.9. The maximum atomic E-state index is 12.9. The van der Waals surface area contributed by atoms with Crippen LogP contribution in [0.25, 0.3) is 0 Å². The number of rotatable bonds is 8. The summed E-state index contributed by atoms with van der Waals surface area (Å²) in [6.45, 7) is 8.95. The van der Waals surface area contributed by atoms with Gasteiger partial charge in [-0.3, -0.25) is 0 Å². The van der Waals surface area contributed by atoms with Crippen molar-refractivity contribution in [3.8, 4) is 0 Å². The molecular weight excluding hydrogens is 375 g/mol. The van der Waals surface area contributed by atoms with E-state index in [1.165, 1.54) is 43.9 Å². The van der Waals surface area contributed by atoms with Gasteiger partial charge in [0, 0.05) is 0 Å². The van der Waals surface area contributed by atoms with Gasteiger partial charge in [0.2, 0.25) is 6.17 Å². The first-order valence-electron chi connectivity index (χ1n) is 8.04. The van der Waals surface area contributed by atoms with Crippen LogP contribution in [0.5, 0.6) is 0 Å². The van der Waals surface area contributed by atoms with E-state index in [2.05, 4.69) is 25.5 Å². The molecule has 0 aliphatic heterocycles. The SMILES string of the molecule is CC[NH+](CC)CC.O=C(OCC(F)C(F)(F)S(=O)(=O)[O-])c1ccccc1. The summed E-state index contributed by atoms with van der Waals surface area (Å²) in [5.41, 5.74) is -0.0250. The Labute approximate surface area is 151 Å². The second kappa shape index (κ2) is 11.1. The average molecular weight is 399 g/mol. The van der Waals surface area contributed by atoms with Crippen molar-refractivity contribution >= 4 is 16.1 Å². The fraction of sp³-hybridized carbons (Fsp3) is 0.562. The second-order valence-electron chi connectivity index (χ2n) is 5.26. The van der Waals surface area contributed by atoms with Crippen LogP contribution in [0, 0.1) is 0 Å². The average Bonchev–Trinajstić information content (AvgIpc) is 2.61. The number of carbonyl (C=O) groups is 1. The first-order chi connectivity index (χ1) is 12.0. The first kappa shape index (κ1) is 24.4. The Morgan fingerprint density at radius 3 is 1.96 bits per heavy atom. The van der Waals surface area contributed by atoms with E-state index in [9.17, 15) is 30.9 Å². The highest BCUT2D eigenvalue weighted by molar-refractivity contribution is 7.86. The van der Waals surface area contributed by atoms with Crippen molar-refractivity contribution in [1.82, 2.24) is 0 Å². The quantitative estimate of drug-likeness (QED) is 0.525. The number of hydrogen-bond acceptors (Lipinski definition) is 5. The fourth-order valence-corrected chi connectivity index (χ4v) is 2.19. The summed E-state index contributed by atoms with van der Waals surface area (Å²) >= 11 is 0. The third-order valence-electron chi connectivity index (χ3n) is 3.57. The van der Waals surface area contributed by atoms with Crippen LogP contribution in [-0.4, -0.2) is 56.6 Å². The lowest BCUT2D eigenvalue weighted by Gasteiger charge is -2.22. The molecule has 26 heavy (non-hydrogen) atoms. The fourth-order valence-electron chi connectivity index (χ4n) is 1.81. The van der Waals surface area contributed by atoms with Crippen LogP contribution in [0.1, 0.15) is 31.1 Å². The zero-order valence-electron chi connectivity index (χ0n) is 14.9. The third kappa shape index (κ3) is 7.71. The minimum atomic E-state index is -6.16. The molecule has 0 aromatic heterocycles. The van der Waals surface area contributed by atoms with E-state index in [4.69, 9.17) is 0 Å². The number of hydrogen-bond donors (Lipinski definition) is 1. The molecule has 10 heteroatoms. The molecule has 0 heterocycles. The van der Waals surface area contributed by atoms with Crippen LogP contribution in [0.15, 0.2) is 30.3 Å². The van der Waals surface area contributed by atoms with Crippen LogP contribution < -0.4 is 4.90 Å². The molecule has 0 aliphatic rings. The van der Waals surface area contributed by atoms with Crippen molar-refractivity contribution in [2.24, 2.45) is 0 Å². The van der Waals surface area contributed by atoms with Crippen LogP contribution in [0.2, 0.25) is 0 Å². The number of alkyl halides is 3. The van der Waals surface area contributed by atoms with Gasteiger partial charge in [-0.25, -0.2) is 17.6 Å². The molecular formula is C16H24F3NO5S. The summed E-state index contributed by atoms with van der Waals surface area (Å²) in [6, 6.07) is 7.07. The zero-order chi connectivity index (χ0) is 20.4. The molecule has 0 bridgehead atoms. The van der Waals surface area contributed by atoms with Crippen molar-refractivity contribution in [2.45, 2.75) is 32.2 Å². The Kier molecular flexibility index (Phi) is 10.4. The molecule has 0 spiro atoms. The molecule has 0 fully saturated rings. The van der Waals surface area contributed by atoms with E-state index in [0.29, 0.717) is 0 Å². The lowest BCUT2D eigenvalue weighted by molar-refractivity contribution is -0.894. The van der Waals surface area contributed by atoms with Gasteiger partial charge in [-0.2, -0.15) is 8.78 Å². The molecule has 0 aliphatic carbocycles. The van der Waals surface area contributed by atoms with Crippen LogP contribution in [0.3, 0.4) is 0 Å². The van der Waals surface area contributed by atoms with Crippen molar-refractivity contribution < 1.29 is 40.6 Å². The Hall–Kier alpha value is -1.65. The lowest BCUT2D eigenvalue weighted by Crippen LogP contribution is -3.11. The van der Waals surface area contributed by atoms with Crippen molar-refractivity contribution in [1.29, 1.82) is 0 Å². The Morgan fingerprint density at radius 1 is 1.15 bits per heavy atom. The van der Waals surface area contributed by atoms with Crippen molar-refractivity contribution in [3.05, 3.63) is 35.9 Å². The molecule has 150 valence electrons. The molecule has 0 saturated heterocycles. The molecule has 6 nitrogen and oxygen atoms in total. The van der Waals surface area contributed by atoms with E-state index in [1.807, 2.05) is 0 Å². The predicted molar refractivity (Wildman–Crippen MR) is 88.9 cm³/mol. The molecule has 1 unspecified atom stereocenters. The summed E-state index contributed by atoms with van der Waals surface area (Å²) in [4.78, 5) is 12.9. The summed E-state index contributed by atoms with van der Waals surface area (Å²) in [7, 11) is -6.16. The van der Waals surface area contributed by atoms with Gasteiger partial charge in [-0.05, 0) is 32.9 Å². The minimum absolute atomic E-state index is 0.0250. The molecule has 0 radical (unpaired) electrons. The van der Waals surface area contributed by atoms with E-state index in [0.717, 1.165) is 0 Å². The lowest BCUT2D eigenvalue weighted by atomic mass is 10.2. The maximum absolute atomic E-state index is 12.9. The van der Waals surface area contributed by atoms with Crippen molar-refractivity contribution in [2.75, 3.05) is 26.2 Å². The molecule has 1 N–H and O–H groups in total. The predicted octanol–water partition coefficient (Wildman–Crippen LogP) is 1.25. The number of esters is 1. The van der Waals surface area contributed by atoms with Crippen molar-refractivity contribution in [3.63, 3.8) is 0 Å². The minimum Gasteiger partial charge on any atom is -0.743 e. The summed E-state index contributed by atoms with van der Waals surface area (Å²) in [6.07, 6.45) is -3.43. The van der Waals surface area contributed by atoms with E-state index < -0.39 is 34.1 Å². The largest absolute Gasteiger partial charge is 0.743 e. The van der Waals surface area contributed by atoms with Gasteiger partial charge in [0.15, 0.2) is 10.1 Å². The topological polar surface area (TPSA) is 87.9 Å². The van der Waals surface area contributed by atoms with Crippen LogP contribution in [0.4, 0.5) is 13.2 Å². The number of ether oxygens (including phenoxy) is 1. The molecule has 0 amide bonds.